The van der Waals surface area contributed by atoms with Gasteiger partial charge in [-0.2, -0.15) is 0 Å². The third-order valence-electron chi connectivity index (χ3n) is 8.89. The topological polar surface area (TPSA) is 79.2 Å². The maximum atomic E-state index is 12.5. The van der Waals surface area contributed by atoms with Crippen molar-refractivity contribution in [2.24, 2.45) is 0 Å². The number of carbonyl (C=O) groups excluding carboxylic acids is 1. The second kappa shape index (κ2) is 40.5. The molecule has 0 spiro atoms. The Hall–Kier alpha value is -0.690. The lowest BCUT2D eigenvalue weighted by molar-refractivity contribution is -0.147. The van der Waals surface area contributed by atoms with E-state index in [0.29, 0.717) is 12.8 Å². The summed E-state index contributed by atoms with van der Waals surface area (Å²) in [7, 11) is 1.57. The number of unbranched alkanes of at least 4 members (excludes halogenated alkanes) is 23. The molecule has 6 nitrogen and oxygen atoms in total. The van der Waals surface area contributed by atoms with Crippen molar-refractivity contribution in [3.05, 3.63) is 0 Å². The van der Waals surface area contributed by atoms with Crippen LogP contribution in [0.4, 0.5) is 0 Å². The van der Waals surface area contributed by atoms with Crippen molar-refractivity contribution in [3.63, 3.8) is 0 Å². The van der Waals surface area contributed by atoms with Gasteiger partial charge in [0.15, 0.2) is 0 Å². The van der Waals surface area contributed by atoms with Gasteiger partial charge in [0.25, 0.3) is 0 Å². The van der Waals surface area contributed by atoms with E-state index in [1.165, 1.54) is 148 Å². The predicted molar refractivity (Wildman–Crippen MR) is 198 cm³/mol. The summed E-state index contributed by atoms with van der Waals surface area (Å²) < 4.78 is 10.8. The Labute approximate surface area is 288 Å². The molecule has 0 aliphatic carbocycles. The molecule has 0 aromatic rings. The summed E-state index contributed by atoms with van der Waals surface area (Å²) in [5.74, 6) is 0.00197. The zero-order valence-electron chi connectivity index (χ0n) is 31.8. The fourth-order valence-electron chi connectivity index (χ4n) is 5.91. The summed E-state index contributed by atoms with van der Waals surface area (Å²) in [6.45, 7) is 10.4. The van der Waals surface area contributed by atoms with Crippen molar-refractivity contribution in [3.8, 4) is 0 Å². The van der Waals surface area contributed by atoms with Crippen LogP contribution in [0.15, 0.2) is 0 Å². The number of amides is 1. The molecule has 0 radical (unpaired) electrons. The quantitative estimate of drug-likeness (QED) is 0.0524. The fraction of sp³-hybridized carbons (Fsp3) is 0.975. The van der Waals surface area contributed by atoms with Crippen LogP contribution >= 0.6 is 0 Å². The molecule has 1 amide bonds. The standard InChI is InChI=1S/C21H43NO4.C19H40O/c1-4-6-7-8-9-10-11-12-13-14-15-16-20(25)22(17-19(24)18-23)21(5-2)26-3;1-3-5-6-7-8-9-10-11-12-13-14-15-16-17-19-20-18-4-2/h19,21,23-24H,4-18H2,1-3H3;3-19H2,1-2H3. The maximum Gasteiger partial charge on any atom is 0.224 e. The first-order chi connectivity index (χ1) is 22.5. The van der Waals surface area contributed by atoms with E-state index in [9.17, 15) is 9.90 Å². The van der Waals surface area contributed by atoms with Gasteiger partial charge < -0.3 is 24.6 Å². The Bertz CT molecular complexity index is 554. The van der Waals surface area contributed by atoms with E-state index in [2.05, 4.69) is 20.8 Å². The van der Waals surface area contributed by atoms with Crippen molar-refractivity contribution in [2.45, 2.75) is 220 Å². The van der Waals surface area contributed by atoms with Crippen molar-refractivity contribution < 1.29 is 24.5 Å². The van der Waals surface area contributed by atoms with Gasteiger partial charge in [-0.15, -0.1) is 0 Å². The van der Waals surface area contributed by atoms with Crippen LogP contribution in [0.5, 0.6) is 0 Å². The molecular formula is C40H83NO5. The number of nitrogens with zero attached hydrogens (tertiary/aromatic N) is 1. The number of aliphatic hydroxyl groups is 2. The summed E-state index contributed by atoms with van der Waals surface area (Å²) >= 11 is 0. The molecule has 0 heterocycles. The first-order valence-electron chi connectivity index (χ1n) is 20.2. The Balaban J connectivity index is 0. The fourth-order valence-corrected chi connectivity index (χ4v) is 5.91. The molecule has 0 aromatic heterocycles. The van der Waals surface area contributed by atoms with Crippen molar-refractivity contribution in [2.75, 3.05) is 33.5 Å². The molecule has 46 heavy (non-hydrogen) atoms. The highest BCUT2D eigenvalue weighted by atomic mass is 16.5. The maximum absolute atomic E-state index is 12.5. The molecule has 0 aliphatic heterocycles. The van der Waals surface area contributed by atoms with Gasteiger partial charge >= 0.3 is 0 Å². The van der Waals surface area contributed by atoms with Gasteiger partial charge in [-0.05, 0) is 25.7 Å². The second-order valence-electron chi connectivity index (χ2n) is 13.5. The molecule has 0 saturated carbocycles. The highest BCUT2D eigenvalue weighted by Crippen LogP contribution is 2.15. The minimum atomic E-state index is -0.916. The molecule has 2 atom stereocenters. The van der Waals surface area contributed by atoms with Gasteiger partial charge in [-0.25, -0.2) is 0 Å². The van der Waals surface area contributed by atoms with Gasteiger partial charge in [0, 0.05) is 26.7 Å². The summed E-state index contributed by atoms with van der Waals surface area (Å²) in [6, 6.07) is 0. The first kappa shape index (κ1) is 47.4. The van der Waals surface area contributed by atoms with E-state index < -0.39 is 6.10 Å². The molecule has 0 saturated heterocycles. The number of hydrogen-bond acceptors (Lipinski definition) is 5. The van der Waals surface area contributed by atoms with E-state index in [4.69, 9.17) is 14.6 Å². The van der Waals surface area contributed by atoms with Crippen LogP contribution in [0, 0.1) is 0 Å². The molecule has 278 valence electrons. The second-order valence-corrected chi connectivity index (χ2v) is 13.5. The molecule has 0 aliphatic rings. The van der Waals surface area contributed by atoms with E-state index >= 15 is 0 Å². The Kier molecular flexibility index (Phi) is 41.7. The number of ether oxygens (including phenoxy) is 2. The van der Waals surface area contributed by atoms with E-state index in [0.717, 1.165) is 32.5 Å². The normalized spacial score (nSPS) is 12.5. The number of aliphatic hydroxyl groups excluding tert-OH is 2. The minimum absolute atomic E-state index is 0.00197. The molecule has 6 heteroatoms. The number of hydrogen-bond donors (Lipinski definition) is 2. The summed E-state index contributed by atoms with van der Waals surface area (Å²) in [5.41, 5.74) is 0. The van der Waals surface area contributed by atoms with Crippen LogP contribution in [0.2, 0.25) is 0 Å². The molecule has 0 bridgehead atoms. The number of carbonyl (C=O) groups is 1. The number of methoxy groups -OCH3 is 1. The number of rotatable bonds is 35. The molecule has 2 N–H and O–H groups in total. The Morgan fingerprint density at radius 2 is 0.957 bits per heavy atom. The zero-order chi connectivity index (χ0) is 34.4. The summed E-state index contributed by atoms with van der Waals surface area (Å²) in [4.78, 5) is 14.0. The van der Waals surface area contributed by atoms with Crippen LogP contribution in [-0.4, -0.2) is 66.8 Å². The lowest BCUT2D eigenvalue weighted by atomic mass is 10.0. The lowest BCUT2D eigenvalue weighted by Gasteiger charge is -2.31. The SMILES string of the molecule is CCCCCCCCCCCCCC(=O)N(CC(O)CO)C(CC)OC.CCCCCCCCCCCCCCCCOCCC. The Morgan fingerprint density at radius 3 is 1.30 bits per heavy atom. The van der Waals surface area contributed by atoms with E-state index in [1.807, 2.05) is 6.92 Å². The van der Waals surface area contributed by atoms with Gasteiger partial charge in [0.1, 0.15) is 6.23 Å². The Morgan fingerprint density at radius 1 is 0.565 bits per heavy atom. The predicted octanol–water partition coefficient (Wildman–Crippen LogP) is 11.1. The molecule has 0 aromatic carbocycles. The molecular weight excluding hydrogens is 574 g/mol. The third kappa shape index (κ3) is 34.6. The van der Waals surface area contributed by atoms with Crippen LogP contribution in [0.25, 0.3) is 0 Å². The largest absolute Gasteiger partial charge is 0.394 e. The van der Waals surface area contributed by atoms with Crippen LogP contribution in [-0.2, 0) is 14.3 Å². The van der Waals surface area contributed by atoms with Crippen molar-refractivity contribution in [1.29, 1.82) is 0 Å². The lowest BCUT2D eigenvalue weighted by Crippen LogP contribution is -2.46. The van der Waals surface area contributed by atoms with Gasteiger partial charge in [-0.1, -0.05) is 175 Å². The van der Waals surface area contributed by atoms with Crippen LogP contribution in [0.3, 0.4) is 0 Å². The minimum Gasteiger partial charge on any atom is -0.394 e. The first-order valence-corrected chi connectivity index (χ1v) is 20.2. The molecule has 0 fully saturated rings. The third-order valence-corrected chi connectivity index (χ3v) is 8.89. The monoisotopic (exact) mass is 658 g/mol. The zero-order valence-corrected chi connectivity index (χ0v) is 31.8. The molecule has 0 rings (SSSR count). The van der Waals surface area contributed by atoms with Crippen molar-refractivity contribution >= 4 is 5.91 Å². The highest BCUT2D eigenvalue weighted by molar-refractivity contribution is 5.76. The smallest absolute Gasteiger partial charge is 0.224 e. The van der Waals surface area contributed by atoms with Gasteiger partial charge in [0.2, 0.25) is 5.91 Å². The average molecular weight is 658 g/mol. The highest BCUT2D eigenvalue weighted by Gasteiger charge is 2.24. The van der Waals surface area contributed by atoms with Crippen molar-refractivity contribution in [1.82, 2.24) is 4.90 Å². The van der Waals surface area contributed by atoms with E-state index in [-0.39, 0.29) is 25.3 Å². The average Bonchev–Trinajstić information content (AvgIpc) is 3.07. The van der Waals surface area contributed by atoms with Crippen LogP contribution in [0.1, 0.15) is 207 Å². The van der Waals surface area contributed by atoms with Gasteiger partial charge in [0.05, 0.1) is 19.3 Å². The van der Waals surface area contributed by atoms with Crippen LogP contribution < -0.4 is 0 Å². The summed E-state index contributed by atoms with van der Waals surface area (Å²) in [6.07, 6.45) is 34.8. The summed E-state index contributed by atoms with van der Waals surface area (Å²) in [5, 5.41) is 18.7. The molecule has 2 unspecified atom stereocenters. The van der Waals surface area contributed by atoms with E-state index in [1.54, 1.807) is 12.0 Å². The van der Waals surface area contributed by atoms with Gasteiger partial charge in [-0.3, -0.25) is 4.79 Å².